The van der Waals surface area contributed by atoms with Crippen LogP contribution in [0.3, 0.4) is 0 Å². The standard InChI is InChI=1S/C20H26N6O.HI/c1-15(2)19-9-18(27-25-19)12-23-20(21-3)22-10-17-11-24-26(14-17)13-16-7-5-4-6-8-16;/h4-9,11,14-15H,10,12-13H2,1-3H3,(H2,21,22,23);1H. The van der Waals surface area contributed by atoms with Crippen LogP contribution in [-0.4, -0.2) is 27.9 Å². The topological polar surface area (TPSA) is 80.3 Å². The number of aromatic nitrogens is 3. The Hall–Kier alpha value is -2.36. The number of nitrogens with one attached hydrogen (secondary N) is 2. The zero-order chi connectivity index (χ0) is 19.1. The number of halogens is 1. The summed E-state index contributed by atoms with van der Waals surface area (Å²) in [6.07, 6.45) is 3.91. The molecule has 0 bridgehead atoms. The van der Waals surface area contributed by atoms with Crippen LogP contribution in [0.5, 0.6) is 0 Å². The maximum Gasteiger partial charge on any atom is 0.191 e. The Bertz CT molecular complexity index is 872. The van der Waals surface area contributed by atoms with Crippen LogP contribution >= 0.6 is 24.0 Å². The fourth-order valence-electron chi connectivity index (χ4n) is 2.62. The highest BCUT2D eigenvalue weighted by atomic mass is 127. The normalized spacial score (nSPS) is 11.4. The minimum Gasteiger partial charge on any atom is -0.359 e. The second-order valence-corrected chi connectivity index (χ2v) is 6.68. The average Bonchev–Trinajstić information content (AvgIpc) is 3.32. The van der Waals surface area contributed by atoms with Crippen molar-refractivity contribution < 1.29 is 4.52 Å². The molecule has 0 saturated carbocycles. The van der Waals surface area contributed by atoms with Gasteiger partial charge in [-0.15, -0.1) is 24.0 Å². The minimum absolute atomic E-state index is 0. The molecule has 0 aliphatic carbocycles. The van der Waals surface area contributed by atoms with E-state index in [1.54, 1.807) is 7.05 Å². The Morgan fingerprint density at radius 3 is 2.57 bits per heavy atom. The fraction of sp³-hybridized carbons (Fsp3) is 0.350. The van der Waals surface area contributed by atoms with Crippen molar-refractivity contribution in [3.8, 4) is 0 Å². The summed E-state index contributed by atoms with van der Waals surface area (Å²) >= 11 is 0. The molecule has 0 spiro atoms. The molecular weight excluding hydrogens is 467 g/mol. The van der Waals surface area contributed by atoms with E-state index < -0.39 is 0 Å². The fourth-order valence-corrected chi connectivity index (χ4v) is 2.62. The van der Waals surface area contributed by atoms with Crippen LogP contribution in [0.4, 0.5) is 0 Å². The summed E-state index contributed by atoms with van der Waals surface area (Å²) in [4.78, 5) is 4.24. The summed E-state index contributed by atoms with van der Waals surface area (Å²) in [5.41, 5.74) is 3.28. The van der Waals surface area contributed by atoms with Gasteiger partial charge in [-0.1, -0.05) is 49.3 Å². The first-order chi connectivity index (χ1) is 13.1. The molecule has 0 fully saturated rings. The highest BCUT2D eigenvalue weighted by Crippen LogP contribution is 2.13. The lowest BCUT2D eigenvalue weighted by molar-refractivity contribution is 0.372. The Morgan fingerprint density at radius 1 is 1.14 bits per heavy atom. The lowest BCUT2D eigenvalue weighted by atomic mass is 10.1. The number of rotatable bonds is 7. The molecule has 150 valence electrons. The first kappa shape index (κ1) is 21.9. The number of hydrogen-bond donors (Lipinski definition) is 2. The molecule has 0 amide bonds. The monoisotopic (exact) mass is 494 g/mol. The average molecular weight is 494 g/mol. The SMILES string of the molecule is CN=C(NCc1cnn(Cc2ccccc2)c1)NCc1cc(C(C)C)no1.I. The van der Waals surface area contributed by atoms with Crippen molar-refractivity contribution in [2.45, 2.75) is 39.4 Å². The van der Waals surface area contributed by atoms with Crippen molar-refractivity contribution in [3.63, 3.8) is 0 Å². The third kappa shape index (κ3) is 6.36. The maximum absolute atomic E-state index is 5.33. The van der Waals surface area contributed by atoms with Gasteiger partial charge in [0.05, 0.1) is 25.0 Å². The highest BCUT2D eigenvalue weighted by Gasteiger charge is 2.08. The molecule has 2 heterocycles. The van der Waals surface area contributed by atoms with Crippen LogP contribution in [-0.2, 0) is 19.6 Å². The lowest BCUT2D eigenvalue weighted by Gasteiger charge is -2.09. The van der Waals surface area contributed by atoms with E-state index in [9.17, 15) is 0 Å². The van der Waals surface area contributed by atoms with Gasteiger partial charge in [0.2, 0.25) is 0 Å². The minimum atomic E-state index is 0. The van der Waals surface area contributed by atoms with E-state index in [0.29, 0.717) is 25.0 Å². The van der Waals surface area contributed by atoms with Crippen LogP contribution in [0.1, 0.15) is 42.3 Å². The molecule has 0 saturated heterocycles. The third-order valence-electron chi connectivity index (χ3n) is 4.16. The van der Waals surface area contributed by atoms with Crippen molar-refractivity contribution in [1.82, 2.24) is 25.6 Å². The largest absolute Gasteiger partial charge is 0.359 e. The Kier molecular flexibility index (Phi) is 8.49. The van der Waals surface area contributed by atoms with Gasteiger partial charge < -0.3 is 15.2 Å². The molecule has 2 N–H and O–H groups in total. The summed E-state index contributed by atoms with van der Waals surface area (Å²) in [6, 6.07) is 12.3. The molecule has 0 unspecified atom stereocenters. The molecule has 3 rings (SSSR count). The van der Waals surface area contributed by atoms with Gasteiger partial charge in [0.1, 0.15) is 0 Å². The molecule has 28 heavy (non-hydrogen) atoms. The van der Waals surface area contributed by atoms with E-state index in [4.69, 9.17) is 4.52 Å². The summed E-state index contributed by atoms with van der Waals surface area (Å²) in [5.74, 6) is 1.85. The quantitative estimate of drug-likeness (QED) is 0.299. The second-order valence-electron chi connectivity index (χ2n) is 6.68. The van der Waals surface area contributed by atoms with Crippen molar-refractivity contribution in [2.75, 3.05) is 7.05 Å². The third-order valence-corrected chi connectivity index (χ3v) is 4.16. The number of nitrogens with zero attached hydrogens (tertiary/aromatic N) is 4. The van der Waals surface area contributed by atoms with Crippen LogP contribution in [0.2, 0.25) is 0 Å². The van der Waals surface area contributed by atoms with Gasteiger partial charge in [0.15, 0.2) is 11.7 Å². The van der Waals surface area contributed by atoms with Gasteiger partial charge in [0.25, 0.3) is 0 Å². The molecule has 3 aromatic rings. The van der Waals surface area contributed by atoms with E-state index in [0.717, 1.165) is 23.6 Å². The Balaban J connectivity index is 0.00000280. The molecule has 0 radical (unpaired) electrons. The molecule has 2 aromatic heterocycles. The maximum atomic E-state index is 5.33. The van der Waals surface area contributed by atoms with E-state index in [1.807, 2.05) is 41.3 Å². The van der Waals surface area contributed by atoms with E-state index in [2.05, 4.69) is 51.9 Å². The van der Waals surface area contributed by atoms with E-state index in [-0.39, 0.29) is 24.0 Å². The van der Waals surface area contributed by atoms with E-state index >= 15 is 0 Å². The van der Waals surface area contributed by atoms with Gasteiger partial charge in [-0.3, -0.25) is 9.67 Å². The summed E-state index contributed by atoms with van der Waals surface area (Å²) in [5, 5.41) is 15.0. The van der Waals surface area contributed by atoms with Crippen LogP contribution < -0.4 is 10.6 Å². The number of guanidine groups is 1. The molecule has 0 atom stereocenters. The first-order valence-electron chi connectivity index (χ1n) is 9.09. The van der Waals surface area contributed by atoms with Gasteiger partial charge >= 0.3 is 0 Å². The predicted octanol–water partition coefficient (Wildman–Crippen LogP) is 3.53. The lowest BCUT2D eigenvalue weighted by Crippen LogP contribution is -2.36. The Morgan fingerprint density at radius 2 is 1.89 bits per heavy atom. The van der Waals surface area contributed by atoms with Gasteiger partial charge in [-0.05, 0) is 11.5 Å². The van der Waals surface area contributed by atoms with Gasteiger partial charge in [-0.25, -0.2) is 0 Å². The molecule has 8 heteroatoms. The smallest absolute Gasteiger partial charge is 0.191 e. The first-order valence-corrected chi connectivity index (χ1v) is 9.09. The highest BCUT2D eigenvalue weighted by molar-refractivity contribution is 14.0. The Labute approximate surface area is 182 Å². The number of benzene rings is 1. The van der Waals surface area contributed by atoms with Crippen LogP contribution in [0, 0.1) is 0 Å². The van der Waals surface area contributed by atoms with Crippen molar-refractivity contribution in [3.05, 3.63) is 71.4 Å². The molecule has 1 aromatic carbocycles. The predicted molar refractivity (Wildman–Crippen MR) is 121 cm³/mol. The number of hydrogen-bond acceptors (Lipinski definition) is 4. The molecule has 0 aliphatic rings. The zero-order valence-corrected chi connectivity index (χ0v) is 18.8. The number of aliphatic imine (C=N–C) groups is 1. The van der Waals surface area contributed by atoms with Gasteiger partial charge in [-0.2, -0.15) is 5.10 Å². The molecule has 0 aliphatic heterocycles. The molecule has 7 nitrogen and oxygen atoms in total. The van der Waals surface area contributed by atoms with Crippen LogP contribution in [0.15, 0.2) is 58.3 Å². The summed E-state index contributed by atoms with van der Waals surface area (Å²) in [6.45, 7) is 6.12. The van der Waals surface area contributed by atoms with Crippen LogP contribution in [0.25, 0.3) is 0 Å². The van der Waals surface area contributed by atoms with Crippen molar-refractivity contribution in [1.29, 1.82) is 0 Å². The summed E-state index contributed by atoms with van der Waals surface area (Å²) < 4.78 is 7.27. The molecular formula is C20H27IN6O. The zero-order valence-electron chi connectivity index (χ0n) is 16.4. The summed E-state index contributed by atoms with van der Waals surface area (Å²) in [7, 11) is 1.74. The van der Waals surface area contributed by atoms with Crippen molar-refractivity contribution in [2.24, 2.45) is 4.99 Å². The van der Waals surface area contributed by atoms with E-state index in [1.165, 1.54) is 5.56 Å². The van der Waals surface area contributed by atoms with Crippen molar-refractivity contribution >= 4 is 29.9 Å². The van der Waals surface area contributed by atoms with Gasteiger partial charge in [0, 0.05) is 31.4 Å². The second kappa shape index (κ2) is 10.8.